The Balaban J connectivity index is 2.13. The molecular weight excluding hydrogens is 216 g/mol. The van der Waals surface area contributed by atoms with E-state index in [1.807, 2.05) is 23.9 Å². The quantitative estimate of drug-likeness (QED) is 0.850. The molecule has 1 aromatic carbocycles. The molecule has 3 heteroatoms. The van der Waals surface area contributed by atoms with Crippen LogP contribution in [0.4, 0.5) is 5.69 Å². The van der Waals surface area contributed by atoms with Crippen molar-refractivity contribution in [3.8, 4) is 6.07 Å². The van der Waals surface area contributed by atoms with Gasteiger partial charge in [0.15, 0.2) is 0 Å². The summed E-state index contributed by atoms with van der Waals surface area (Å²) in [6.07, 6.45) is 2.40. The van der Waals surface area contributed by atoms with Crippen molar-refractivity contribution in [1.82, 2.24) is 0 Å². The maximum atomic E-state index is 9.04. The predicted molar refractivity (Wildman–Crippen MR) is 69.9 cm³/mol. The number of nitrogens with zero attached hydrogens (tertiary/aromatic N) is 1. The third-order valence-electron chi connectivity index (χ3n) is 2.88. The first kappa shape index (κ1) is 11.3. The molecule has 1 fully saturated rings. The standard InChI is InChI=1S/C13H16N2S/c1-10-2-3-11(9-14)13(8-10)15-12-4-6-16-7-5-12/h2-3,8,12,15H,4-7H2,1H3. The van der Waals surface area contributed by atoms with Crippen LogP contribution in [0.2, 0.25) is 0 Å². The van der Waals surface area contributed by atoms with Crippen molar-refractivity contribution in [1.29, 1.82) is 5.26 Å². The van der Waals surface area contributed by atoms with E-state index in [9.17, 15) is 0 Å². The maximum Gasteiger partial charge on any atom is 0.101 e. The highest BCUT2D eigenvalue weighted by Gasteiger charge is 2.14. The highest BCUT2D eigenvalue weighted by atomic mass is 32.2. The van der Waals surface area contributed by atoms with Gasteiger partial charge in [-0.05, 0) is 49.0 Å². The van der Waals surface area contributed by atoms with Crippen LogP contribution in [0.1, 0.15) is 24.0 Å². The molecule has 0 aromatic heterocycles. The number of hydrogen-bond acceptors (Lipinski definition) is 3. The van der Waals surface area contributed by atoms with Gasteiger partial charge in [0.05, 0.1) is 11.3 Å². The largest absolute Gasteiger partial charge is 0.381 e. The van der Waals surface area contributed by atoms with E-state index < -0.39 is 0 Å². The molecule has 1 aliphatic heterocycles. The Hall–Kier alpha value is -1.14. The fraction of sp³-hybridized carbons (Fsp3) is 0.462. The van der Waals surface area contributed by atoms with Crippen LogP contribution in [0.15, 0.2) is 18.2 Å². The van der Waals surface area contributed by atoms with E-state index in [4.69, 9.17) is 5.26 Å². The van der Waals surface area contributed by atoms with Gasteiger partial charge in [-0.3, -0.25) is 0 Å². The van der Waals surface area contributed by atoms with Crippen molar-refractivity contribution < 1.29 is 0 Å². The van der Waals surface area contributed by atoms with Gasteiger partial charge in [0.2, 0.25) is 0 Å². The number of aryl methyl sites for hydroxylation is 1. The number of thioether (sulfide) groups is 1. The first-order valence-electron chi connectivity index (χ1n) is 5.64. The number of nitriles is 1. The zero-order valence-corrected chi connectivity index (χ0v) is 10.3. The lowest BCUT2D eigenvalue weighted by Gasteiger charge is -2.24. The molecule has 0 aliphatic carbocycles. The maximum absolute atomic E-state index is 9.04. The smallest absolute Gasteiger partial charge is 0.101 e. The van der Waals surface area contributed by atoms with Gasteiger partial charge in [0.25, 0.3) is 0 Å². The fourth-order valence-electron chi connectivity index (χ4n) is 1.94. The molecule has 1 heterocycles. The number of rotatable bonds is 2. The van der Waals surface area contributed by atoms with Crippen molar-refractivity contribution in [3.63, 3.8) is 0 Å². The Morgan fingerprint density at radius 1 is 1.38 bits per heavy atom. The Kier molecular flexibility index (Phi) is 3.74. The van der Waals surface area contributed by atoms with Gasteiger partial charge in [-0.15, -0.1) is 0 Å². The lowest BCUT2D eigenvalue weighted by atomic mass is 10.1. The second-order valence-corrected chi connectivity index (χ2v) is 5.42. The molecule has 2 nitrogen and oxygen atoms in total. The van der Waals surface area contributed by atoms with Crippen molar-refractivity contribution >= 4 is 17.4 Å². The minimum absolute atomic E-state index is 0.537. The van der Waals surface area contributed by atoms with Gasteiger partial charge in [-0.25, -0.2) is 0 Å². The van der Waals surface area contributed by atoms with Crippen molar-refractivity contribution in [2.75, 3.05) is 16.8 Å². The summed E-state index contributed by atoms with van der Waals surface area (Å²) in [5.74, 6) is 2.46. The minimum atomic E-state index is 0.537. The van der Waals surface area contributed by atoms with Crippen molar-refractivity contribution in [3.05, 3.63) is 29.3 Å². The van der Waals surface area contributed by atoms with Crippen LogP contribution in [0.25, 0.3) is 0 Å². The number of anilines is 1. The molecule has 84 valence electrons. The summed E-state index contributed by atoms with van der Waals surface area (Å²) in [4.78, 5) is 0. The molecule has 0 bridgehead atoms. The van der Waals surface area contributed by atoms with Crippen molar-refractivity contribution in [2.24, 2.45) is 0 Å². The van der Waals surface area contributed by atoms with E-state index in [1.54, 1.807) is 0 Å². The van der Waals surface area contributed by atoms with Crippen LogP contribution in [-0.4, -0.2) is 17.5 Å². The molecule has 1 saturated heterocycles. The normalized spacial score (nSPS) is 16.8. The Morgan fingerprint density at radius 3 is 2.81 bits per heavy atom. The number of benzene rings is 1. The zero-order chi connectivity index (χ0) is 11.4. The van der Waals surface area contributed by atoms with Crippen molar-refractivity contribution in [2.45, 2.75) is 25.8 Å². The van der Waals surface area contributed by atoms with Crippen LogP contribution in [-0.2, 0) is 0 Å². The van der Waals surface area contributed by atoms with Gasteiger partial charge in [-0.1, -0.05) is 6.07 Å². The third kappa shape index (κ3) is 2.70. The minimum Gasteiger partial charge on any atom is -0.381 e. The Bertz CT molecular complexity index is 403. The van der Waals surface area contributed by atoms with Gasteiger partial charge in [0, 0.05) is 6.04 Å². The van der Waals surface area contributed by atoms with Gasteiger partial charge >= 0.3 is 0 Å². The SMILES string of the molecule is Cc1ccc(C#N)c(NC2CCSCC2)c1. The zero-order valence-electron chi connectivity index (χ0n) is 9.49. The van der Waals surface area contributed by atoms with Gasteiger partial charge in [0.1, 0.15) is 6.07 Å². The lowest BCUT2D eigenvalue weighted by Crippen LogP contribution is -2.24. The Morgan fingerprint density at radius 2 is 2.12 bits per heavy atom. The van der Waals surface area contributed by atoms with E-state index in [-0.39, 0.29) is 0 Å². The molecule has 1 aromatic rings. The monoisotopic (exact) mass is 232 g/mol. The van der Waals surface area contributed by atoms with E-state index in [2.05, 4.69) is 24.4 Å². The fourth-order valence-corrected chi connectivity index (χ4v) is 3.04. The molecule has 0 saturated carbocycles. The molecule has 0 spiro atoms. The van der Waals surface area contributed by atoms with Crippen LogP contribution in [0, 0.1) is 18.3 Å². The lowest BCUT2D eigenvalue weighted by molar-refractivity contribution is 0.666. The summed E-state index contributed by atoms with van der Waals surface area (Å²) in [5, 5.41) is 12.6. The molecule has 0 atom stereocenters. The summed E-state index contributed by atoms with van der Waals surface area (Å²) >= 11 is 2.02. The summed E-state index contributed by atoms with van der Waals surface area (Å²) in [6.45, 7) is 2.06. The molecule has 1 aliphatic rings. The van der Waals surface area contributed by atoms with E-state index >= 15 is 0 Å². The first-order valence-corrected chi connectivity index (χ1v) is 6.80. The summed E-state index contributed by atoms with van der Waals surface area (Å²) < 4.78 is 0. The van der Waals surface area contributed by atoms with Crippen LogP contribution >= 0.6 is 11.8 Å². The van der Waals surface area contributed by atoms with Gasteiger partial charge in [-0.2, -0.15) is 17.0 Å². The molecule has 1 N–H and O–H groups in total. The molecule has 0 radical (unpaired) electrons. The summed E-state index contributed by atoms with van der Waals surface area (Å²) in [5.41, 5.74) is 2.95. The van der Waals surface area contributed by atoms with Gasteiger partial charge < -0.3 is 5.32 Å². The topological polar surface area (TPSA) is 35.8 Å². The average molecular weight is 232 g/mol. The summed E-state index contributed by atoms with van der Waals surface area (Å²) in [6, 6.07) is 8.74. The molecule has 0 unspecified atom stereocenters. The molecule has 0 amide bonds. The highest BCUT2D eigenvalue weighted by Crippen LogP contribution is 2.23. The van der Waals surface area contributed by atoms with Crippen LogP contribution in [0.5, 0.6) is 0 Å². The van der Waals surface area contributed by atoms with E-state index in [0.29, 0.717) is 6.04 Å². The third-order valence-corrected chi connectivity index (χ3v) is 3.93. The number of hydrogen-bond donors (Lipinski definition) is 1. The molecular formula is C13H16N2S. The molecule has 16 heavy (non-hydrogen) atoms. The average Bonchev–Trinajstić information content (AvgIpc) is 2.31. The second-order valence-electron chi connectivity index (χ2n) is 4.19. The highest BCUT2D eigenvalue weighted by molar-refractivity contribution is 7.99. The Labute approximate surface area is 101 Å². The van der Waals surface area contributed by atoms with Crippen LogP contribution < -0.4 is 5.32 Å². The predicted octanol–water partition coefficient (Wildman–Crippen LogP) is 3.17. The van der Waals surface area contributed by atoms with Crippen LogP contribution in [0.3, 0.4) is 0 Å². The second kappa shape index (κ2) is 5.27. The number of nitrogens with one attached hydrogen (secondary N) is 1. The molecule has 2 rings (SSSR count). The first-order chi connectivity index (χ1) is 7.79. The van der Waals surface area contributed by atoms with E-state index in [0.717, 1.165) is 11.3 Å². The summed E-state index contributed by atoms with van der Waals surface area (Å²) in [7, 11) is 0. The van der Waals surface area contributed by atoms with E-state index in [1.165, 1.54) is 29.9 Å².